The third-order valence-corrected chi connectivity index (χ3v) is 8.41. The van der Waals surface area contributed by atoms with Crippen LogP contribution in [-0.4, -0.2) is 77.2 Å². The first kappa shape index (κ1) is 23.8. The molecule has 3 aliphatic rings. The predicted molar refractivity (Wildman–Crippen MR) is 144 cm³/mol. The third-order valence-electron chi connectivity index (χ3n) is 8.11. The fourth-order valence-electron chi connectivity index (χ4n) is 6.05. The number of fused-ring (bicyclic) bond motifs is 1. The number of carbonyl (C=O) groups is 1. The number of nitrogens with one attached hydrogen (secondary N) is 2. The maximum atomic E-state index is 13.3. The number of likely N-dealkylation sites (tertiary alicyclic amines) is 1. The van der Waals surface area contributed by atoms with Gasteiger partial charge in [0.25, 0.3) is 5.91 Å². The third kappa shape index (κ3) is 4.72. The van der Waals surface area contributed by atoms with Crippen LogP contribution in [0.3, 0.4) is 0 Å². The van der Waals surface area contributed by atoms with Crippen molar-refractivity contribution < 1.29 is 9.53 Å². The molecule has 1 amide bonds. The van der Waals surface area contributed by atoms with Crippen molar-refractivity contribution in [1.29, 1.82) is 0 Å². The van der Waals surface area contributed by atoms with E-state index in [-0.39, 0.29) is 5.91 Å². The summed E-state index contributed by atoms with van der Waals surface area (Å²) in [6.45, 7) is 5.28. The molecule has 1 saturated carbocycles. The standard InChI is InChI=1S/C28H34ClN5O2/c29-24-18-31-27-25(24)26(32-21-3-1-2-4-21)23(17-30-27)19-5-7-20(8-6-19)28(35)34-11-9-22(10-12-34)33-13-15-36-16-14-33/h5-8,17-18,21-22H,1-4,9-16H2,(H2,30,31,32). The molecule has 3 fully saturated rings. The first-order valence-corrected chi connectivity index (χ1v) is 13.7. The van der Waals surface area contributed by atoms with Crippen molar-refractivity contribution >= 4 is 34.2 Å². The monoisotopic (exact) mass is 507 g/mol. The number of pyridine rings is 1. The normalized spacial score (nSPS) is 20.3. The van der Waals surface area contributed by atoms with Gasteiger partial charge in [-0.2, -0.15) is 0 Å². The van der Waals surface area contributed by atoms with Gasteiger partial charge in [-0.25, -0.2) is 4.98 Å². The van der Waals surface area contributed by atoms with E-state index in [0.29, 0.717) is 17.1 Å². The summed E-state index contributed by atoms with van der Waals surface area (Å²) in [5.41, 5.74) is 4.60. The molecule has 0 atom stereocenters. The SMILES string of the molecule is O=C(c1ccc(-c2cnc3[nH]cc(Cl)c3c2NC2CCCC2)cc1)N1CCC(N2CCOCC2)CC1. The molecular weight excluding hydrogens is 474 g/mol. The fourth-order valence-corrected chi connectivity index (χ4v) is 6.29. The van der Waals surface area contributed by atoms with Crippen LogP contribution in [-0.2, 0) is 4.74 Å². The molecule has 7 nitrogen and oxygen atoms in total. The summed E-state index contributed by atoms with van der Waals surface area (Å²) >= 11 is 6.56. The molecule has 2 saturated heterocycles. The molecule has 6 rings (SSSR count). The molecule has 4 heterocycles. The van der Waals surface area contributed by atoms with Crippen molar-refractivity contribution in [1.82, 2.24) is 19.8 Å². The van der Waals surface area contributed by atoms with Gasteiger partial charge in [-0.05, 0) is 43.4 Å². The van der Waals surface area contributed by atoms with Crippen molar-refractivity contribution in [2.75, 3.05) is 44.7 Å². The zero-order valence-corrected chi connectivity index (χ0v) is 21.4. The lowest BCUT2D eigenvalue weighted by Crippen LogP contribution is -2.50. The predicted octanol–water partition coefficient (Wildman–Crippen LogP) is 5.17. The van der Waals surface area contributed by atoms with E-state index < -0.39 is 0 Å². The smallest absolute Gasteiger partial charge is 0.253 e. The van der Waals surface area contributed by atoms with Crippen LogP contribution in [0.5, 0.6) is 0 Å². The van der Waals surface area contributed by atoms with Gasteiger partial charge in [0.2, 0.25) is 0 Å². The van der Waals surface area contributed by atoms with E-state index in [1.807, 2.05) is 35.4 Å². The number of carbonyl (C=O) groups excluding carboxylic acids is 1. The van der Waals surface area contributed by atoms with Gasteiger partial charge in [0.05, 0.1) is 29.3 Å². The van der Waals surface area contributed by atoms with Gasteiger partial charge in [0.1, 0.15) is 5.65 Å². The molecule has 2 aliphatic heterocycles. The second-order valence-corrected chi connectivity index (χ2v) is 10.7. The highest BCUT2D eigenvalue weighted by Gasteiger charge is 2.28. The molecule has 0 spiro atoms. The molecule has 3 aromatic rings. The number of nitrogens with zero attached hydrogens (tertiary/aromatic N) is 3. The molecule has 1 aliphatic carbocycles. The summed E-state index contributed by atoms with van der Waals surface area (Å²) in [5, 5.41) is 5.37. The van der Waals surface area contributed by atoms with Crippen LogP contribution in [0, 0.1) is 0 Å². The number of benzene rings is 1. The Morgan fingerprint density at radius 3 is 2.47 bits per heavy atom. The largest absolute Gasteiger partial charge is 0.381 e. The highest BCUT2D eigenvalue weighted by molar-refractivity contribution is 6.36. The number of amides is 1. The van der Waals surface area contributed by atoms with E-state index in [4.69, 9.17) is 16.3 Å². The van der Waals surface area contributed by atoms with Crippen LogP contribution in [0.25, 0.3) is 22.2 Å². The highest BCUT2D eigenvalue weighted by Crippen LogP contribution is 2.39. The highest BCUT2D eigenvalue weighted by atomic mass is 35.5. The zero-order valence-electron chi connectivity index (χ0n) is 20.6. The lowest BCUT2D eigenvalue weighted by atomic mass is 9.99. The fraction of sp³-hybridized carbons (Fsp3) is 0.500. The summed E-state index contributed by atoms with van der Waals surface area (Å²) in [6, 6.07) is 8.99. The number of halogens is 1. The number of aromatic amines is 1. The number of piperidine rings is 1. The van der Waals surface area contributed by atoms with Gasteiger partial charge in [0.15, 0.2) is 0 Å². The minimum Gasteiger partial charge on any atom is -0.381 e. The summed E-state index contributed by atoms with van der Waals surface area (Å²) in [4.78, 5) is 25.6. The molecule has 1 aromatic carbocycles. The summed E-state index contributed by atoms with van der Waals surface area (Å²) < 4.78 is 5.49. The second kappa shape index (κ2) is 10.4. The van der Waals surface area contributed by atoms with Crippen LogP contribution in [0.4, 0.5) is 5.69 Å². The Morgan fingerprint density at radius 2 is 1.75 bits per heavy atom. The lowest BCUT2D eigenvalue weighted by molar-refractivity contribution is 0.00159. The number of H-pyrrole nitrogens is 1. The van der Waals surface area contributed by atoms with E-state index in [2.05, 4.69) is 20.2 Å². The number of morpholine rings is 1. The number of hydrogen-bond acceptors (Lipinski definition) is 5. The molecular formula is C28H34ClN5O2. The van der Waals surface area contributed by atoms with E-state index >= 15 is 0 Å². The number of hydrogen-bond donors (Lipinski definition) is 2. The van der Waals surface area contributed by atoms with E-state index in [1.165, 1.54) is 25.7 Å². The van der Waals surface area contributed by atoms with Crippen molar-refractivity contribution in [2.45, 2.75) is 50.6 Å². The Balaban J connectivity index is 1.19. The minimum atomic E-state index is 0.119. The van der Waals surface area contributed by atoms with Crippen LogP contribution < -0.4 is 5.32 Å². The maximum absolute atomic E-state index is 13.3. The number of anilines is 1. The quantitative estimate of drug-likeness (QED) is 0.498. The summed E-state index contributed by atoms with van der Waals surface area (Å²) in [7, 11) is 0. The molecule has 190 valence electrons. The van der Waals surface area contributed by atoms with Crippen molar-refractivity contribution in [3.63, 3.8) is 0 Å². The van der Waals surface area contributed by atoms with Crippen LogP contribution >= 0.6 is 11.6 Å². The minimum absolute atomic E-state index is 0.119. The van der Waals surface area contributed by atoms with Gasteiger partial charge in [-0.15, -0.1) is 0 Å². The second-order valence-electron chi connectivity index (χ2n) is 10.3. The summed E-state index contributed by atoms with van der Waals surface area (Å²) in [5.74, 6) is 0.119. The first-order chi connectivity index (χ1) is 17.7. The molecule has 36 heavy (non-hydrogen) atoms. The average Bonchev–Trinajstić information content (AvgIpc) is 3.59. The van der Waals surface area contributed by atoms with Gasteiger partial charge < -0.3 is 19.9 Å². The molecule has 8 heteroatoms. The Hall–Kier alpha value is -2.61. The number of ether oxygens (including phenoxy) is 1. The molecule has 2 N–H and O–H groups in total. The molecule has 0 bridgehead atoms. The van der Waals surface area contributed by atoms with Crippen LogP contribution in [0.2, 0.25) is 5.02 Å². The van der Waals surface area contributed by atoms with Gasteiger partial charge in [0, 0.05) is 61.8 Å². The van der Waals surface area contributed by atoms with Crippen molar-refractivity contribution in [3.05, 3.63) is 47.2 Å². The number of rotatable bonds is 5. The molecule has 0 unspecified atom stereocenters. The van der Waals surface area contributed by atoms with Gasteiger partial charge >= 0.3 is 0 Å². The summed E-state index contributed by atoms with van der Waals surface area (Å²) in [6.07, 6.45) is 10.6. The van der Waals surface area contributed by atoms with Gasteiger partial charge in [-0.1, -0.05) is 36.6 Å². The van der Waals surface area contributed by atoms with E-state index in [0.717, 1.165) is 85.6 Å². The maximum Gasteiger partial charge on any atom is 0.253 e. The van der Waals surface area contributed by atoms with E-state index in [9.17, 15) is 4.79 Å². The van der Waals surface area contributed by atoms with Crippen molar-refractivity contribution in [3.8, 4) is 11.1 Å². The van der Waals surface area contributed by atoms with Gasteiger partial charge in [-0.3, -0.25) is 9.69 Å². The Morgan fingerprint density at radius 1 is 1.03 bits per heavy atom. The topological polar surface area (TPSA) is 73.5 Å². The number of aromatic nitrogens is 2. The Bertz CT molecular complexity index is 1210. The Labute approximate surface area is 217 Å². The lowest BCUT2D eigenvalue weighted by Gasteiger charge is -2.40. The van der Waals surface area contributed by atoms with Crippen LogP contribution in [0.1, 0.15) is 48.9 Å². The average molecular weight is 508 g/mol. The molecule has 0 radical (unpaired) electrons. The van der Waals surface area contributed by atoms with Crippen molar-refractivity contribution in [2.24, 2.45) is 0 Å². The molecule has 2 aromatic heterocycles. The Kier molecular flexibility index (Phi) is 6.87. The first-order valence-electron chi connectivity index (χ1n) is 13.3. The zero-order chi connectivity index (χ0) is 24.5. The van der Waals surface area contributed by atoms with E-state index in [1.54, 1.807) is 6.20 Å². The van der Waals surface area contributed by atoms with Crippen LogP contribution in [0.15, 0.2) is 36.7 Å².